The molecule has 0 N–H and O–H groups in total. The van der Waals surface area contributed by atoms with Gasteiger partial charge in [-0.3, -0.25) is 4.79 Å². The monoisotopic (exact) mass is 252 g/mol. The van der Waals surface area contributed by atoms with Gasteiger partial charge in [0.25, 0.3) is 0 Å². The third-order valence-corrected chi connectivity index (χ3v) is 3.00. The first-order valence-electron chi connectivity index (χ1n) is 6.24. The summed E-state index contributed by atoms with van der Waals surface area (Å²) in [5.74, 6) is -0.857. The summed E-state index contributed by atoms with van der Waals surface area (Å²) >= 11 is 0. The van der Waals surface area contributed by atoms with Gasteiger partial charge >= 0.3 is 0 Å². The first-order valence-corrected chi connectivity index (χ1v) is 6.24. The second-order valence-corrected chi connectivity index (χ2v) is 4.42. The summed E-state index contributed by atoms with van der Waals surface area (Å²) in [4.78, 5) is 12.0. The van der Waals surface area contributed by atoms with Crippen molar-refractivity contribution in [1.82, 2.24) is 0 Å². The van der Waals surface area contributed by atoms with Crippen molar-refractivity contribution < 1.29 is 18.7 Å². The fraction of sp³-hybridized carbons (Fsp3) is 0.500. The van der Waals surface area contributed by atoms with E-state index < -0.39 is 11.9 Å². The molecule has 1 aliphatic rings. The molecule has 0 bridgehead atoms. The van der Waals surface area contributed by atoms with E-state index in [1.54, 1.807) is 19.1 Å². The molecule has 1 aromatic carbocycles. The second-order valence-electron chi connectivity index (χ2n) is 4.42. The molecule has 98 valence electrons. The molecule has 1 unspecified atom stereocenters. The maximum Gasteiger partial charge on any atom is 0.194 e. The average Bonchev–Trinajstić information content (AvgIpc) is 2.39. The molecule has 4 heteroatoms. The Bertz CT molecular complexity index is 413. The third kappa shape index (κ3) is 3.15. The zero-order valence-electron chi connectivity index (χ0n) is 10.4. The molecule has 1 fully saturated rings. The van der Waals surface area contributed by atoms with Crippen LogP contribution in [0.1, 0.15) is 36.5 Å². The van der Waals surface area contributed by atoms with E-state index in [0.29, 0.717) is 6.61 Å². The lowest BCUT2D eigenvalue weighted by atomic mass is 10.1. The topological polar surface area (TPSA) is 35.5 Å². The Morgan fingerprint density at radius 3 is 2.89 bits per heavy atom. The third-order valence-electron chi connectivity index (χ3n) is 3.00. The molecular weight excluding hydrogens is 235 g/mol. The fourth-order valence-corrected chi connectivity index (χ4v) is 1.99. The predicted octanol–water partition coefficient (Wildman–Crippen LogP) is 2.94. The van der Waals surface area contributed by atoms with Gasteiger partial charge in [0, 0.05) is 6.61 Å². The highest BCUT2D eigenvalue weighted by Crippen LogP contribution is 2.18. The summed E-state index contributed by atoms with van der Waals surface area (Å²) in [7, 11) is 0. The van der Waals surface area contributed by atoms with Crippen molar-refractivity contribution >= 4 is 5.78 Å². The maximum absolute atomic E-state index is 13.5. The molecule has 0 aromatic heterocycles. The quantitative estimate of drug-likeness (QED) is 0.773. The molecule has 2 atom stereocenters. The van der Waals surface area contributed by atoms with Gasteiger partial charge < -0.3 is 9.47 Å². The predicted molar refractivity (Wildman–Crippen MR) is 64.9 cm³/mol. The van der Waals surface area contributed by atoms with Crippen molar-refractivity contribution in [1.29, 1.82) is 0 Å². The molecule has 0 saturated carbocycles. The van der Waals surface area contributed by atoms with Crippen molar-refractivity contribution in [3.63, 3.8) is 0 Å². The Kier molecular flexibility index (Phi) is 4.44. The van der Waals surface area contributed by atoms with Crippen molar-refractivity contribution in [3.05, 3.63) is 35.6 Å². The molecular formula is C14H17FO3. The fourth-order valence-electron chi connectivity index (χ4n) is 1.99. The van der Waals surface area contributed by atoms with Crippen LogP contribution in [0.2, 0.25) is 0 Å². The van der Waals surface area contributed by atoms with Crippen LogP contribution in [0, 0.1) is 5.82 Å². The number of Topliss-reactive ketones (excluding diaryl/α,β-unsaturated/α-hetero) is 1. The van der Waals surface area contributed by atoms with Crippen LogP contribution in [-0.4, -0.2) is 24.8 Å². The number of carbonyl (C=O) groups is 1. The molecule has 0 radical (unpaired) electrons. The number of hydrogen-bond donors (Lipinski definition) is 0. The van der Waals surface area contributed by atoms with Gasteiger partial charge in [0.2, 0.25) is 0 Å². The SMILES string of the molecule is C[C@@H](OC1CCCCO1)C(=O)c1ccccc1F. The van der Waals surface area contributed by atoms with E-state index in [9.17, 15) is 9.18 Å². The van der Waals surface area contributed by atoms with Crippen molar-refractivity contribution in [2.45, 2.75) is 38.6 Å². The molecule has 1 aliphatic heterocycles. The summed E-state index contributed by atoms with van der Waals surface area (Å²) in [5, 5.41) is 0. The Morgan fingerprint density at radius 2 is 2.22 bits per heavy atom. The van der Waals surface area contributed by atoms with Crippen LogP contribution in [-0.2, 0) is 9.47 Å². The normalized spacial score (nSPS) is 21.6. The van der Waals surface area contributed by atoms with Crippen LogP contribution in [0.4, 0.5) is 4.39 Å². The van der Waals surface area contributed by atoms with Crippen LogP contribution in [0.3, 0.4) is 0 Å². The minimum absolute atomic E-state index is 0.0702. The van der Waals surface area contributed by atoms with Gasteiger partial charge in [-0.1, -0.05) is 12.1 Å². The van der Waals surface area contributed by atoms with Crippen LogP contribution < -0.4 is 0 Å². The lowest BCUT2D eigenvalue weighted by Gasteiger charge is -2.25. The van der Waals surface area contributed by atoms with Crippen molar-refractivity contribution in [3.8, 4) is 0 Å². The van der Waals surface area contributed by atoms with Crippen LogP contribution in [0.15, 0.2) is 24.3 Å². The standard InChI is InChI=1S/C14H17FO3/c1-10(18-13-8-4-5-9-17-13)14(16)11-6-2-3-7-12(11)15/h2-3,6-7,10,13H,4-5,8-9H2,1H3/t10-,13?/m1/s1. The lowest BCUT2D eigenvalue weighted by molar-refractivity contribution is -0.174. The summed E-state index contributed by atoms with van der Waals surface area (Å²) in [6.45, 7) is 2.29. The van der Waals surface area contributed by atoms with Crippen LogP contribution in [0.25, 0.3) is 0 Å². The highest BCUT2D eigenvalue weighted by Gasteiger charge is 2.24. The zero-order valence-corrected chi connectivity index (χ0v) is 10.4. The van der Waals surface area contributed by atoms with Gasteiger partial charge in [-0.2, -0.15) is 0 Å². The molecule has 0 spiro atoms. The molecule has 0 aliphatic carbocycles. The number of halogens is 1. The second kappa shape index (κ2) is 6.07. The number of ketones is 1. The molecule has 0 amide bonds. The van der Waals surface area contributed by atoms with E-state index >= 15 is 0 Å². The number of benzene rings is 1. The first kappa shape index (κ1) is 13.2. The van der Waals surface area contributed by atoms with E-state index in [1.807, 2.05) is 0 Å². The minimum Gasteiger partial charge on any atom is -0.353 e. The van der Waals surface area contributed by atoms with Gasteiger partial charge in [-0.25, -0.2) is 4.39 Å². The zero-order chi connectivity index (χ0) is 13.0. The van der Waals surface area contributed by atoms with Crippen molar-refractivity contribution in [2.24, 2.45) is 0 Å². The number of hydrogen-bond acceptors (Lipinski definition) is 3. The Morgan fingerprint density at radius 1 is 1.44 bits per heavy atom. The smallest absolute Gasteiger partial charge is 0.194 e. The van der Waals surface area contributed by atoms with E-state index in [4.69, 9.17) is 9.47 Å². The van der Waals surface area contributed by atoms with Crippen LogP contribution in [0.5, 0.6) is 0 Å². The summed E-state index contributed by atoms with van der Waals surface area (Å²) < 4.78 is 24.4. The minimum atomic E-state index is -0.690. The van der Waals surface area contributed by atoms with E-state index in [-0.39, 0.29) is 17.6 Å². The van der Waals surface area contributed by atoms with Gasteiger partial charge in [0.15, 0.2) is 12.1 Å². The molecule has 2 rings (SSSR count). The molecule has 1 aromatic rings. The Labute approximate surface area is 106 Å². The highest BCUT2D eigenvalue weighted by atomic mass is 19.1. The molecule has 1 saturated heterocycles. The molecule has 1 heterocycles. The number of ether oxygens (including phenoxy) is 2. The van der Waals surface area contributed by atoms with Crippen molar-refractivity contribution in [2.75, 3.05) is 6.61 Å². The van der Waals surface area contributed by atoms with E-state index in [2.05, 4.69) is 0 Å². The highest BCUT2D eigenvalue weighted by molar-refractivity contribution is 5.99. The summed E-state index contributed by atoms with van der Waals surface area (Å²) in [6, 6.07) is 5.94. The van der Waals surface area contributed by atoms with Gasteiger partial charge in [0.1, 0.15) is 11.9 Å². The summed E-state index contributed by atoms with van der Waals surface area (Å²) in [5.41, 5.74) is 0.0702. The van der Waals surface area contributed by atoms with Gasteiger partial charge in [-0.05, 0) is 38.3 Å². The van der Waals surface area contributed by atoms with E-state index in [0.717, 1.165) is 19.3 Å². The average molecular weight is 252 g/mol. The lowest BCUT2D eigenvalue weighted by Crippen LogP contribution is -2.31. The largest absolute Gasteiger partial charge is 0.353 e. The first-order chi connectivity index (χ1) is 8.68. The van der Waals surface area contributed by atoms with Crippen LogP contribution >= 0.6 is 0 Å². The number of rotatable bonds is 4. The number of carbonyl (C=O) groups excluding carboxylic acids is 1. The van der Waals surface area contributed by atoms with Gasteiger partial charge in [-0.15, -0.1) is 0 Å². The van der Waals surface area contributed by atoms with E-state index in [1.165, 1.54) is 12.1 Å². The molecule has 3 nitrogen and oxygen atoms in total. The Balaban J connectivity index is 1.98. The summed E-state index contributed by atoms with van der Waals surface area (Å²) in [6.07, 6.45) is 1.81. The maximum atomic E-state index is 13.5. The van der Waals surface area contributed by atoms with Gasteiger partial charge in [0.05, 0.1) is 5.56 Å². The molecule has 18 heavy (non-hydrogen) atoms. The Hall–Kier alpha value is -1.26.